The summed E-state index contributed by atoms with van der Waals surface area (Å²) in [6.07, 6.45) is 1.58. The normalized spacial score (nSPS) is 10.3. The van der Waals surface area contributed by atoms with Crippen LogP contribution in [0.15, 0.2) is 82.2 Å². The van der Waals surface area contributed by atoms with Gasteiger partial charge in [-0.2, -0.15) is 0 Å². The first-order valence-electron chi connectivity index (χ1n) is 7.59. The minimum Gasteiger partial charge on any atom is -0.455 e. The molecule has 0 bridgehead atoms. The molecule has 0 spiro atoms. The van der Waals surface area contributed by atoms with Gasteiger partial charge in [0.2, 0.25) is 5.91 Å². The van der Waals surface area contributed by atoms with E-state index in [-0.39, 0.29) is 18.0 Å². The van der Waals surface area contributed by atoms with E-state index in [0.29, 0.717) is 17.2 Å². The second-order valence-electron chi connectivity index (χ2n) is 5.27. The zero-order valence-electron chi connectivity index (χ0n) is 13.2. The fourth-order valence-electron chi connectivity index (χ4n) is 2.24. The quantitative estimate of drug-likeness (QED) is 0.705. The minimum absolute atomic E-state index is 0.0854. The molecule has 0 fully saturated rings. The Hall–Kier alpha value is -2.86. The second-order valence-corrected chi connectivity index (χ2v) is 6.19. The van der Waals surface area contributed by atoms with Crippen LogP contribution in [0.2, 0.25) is 0 Å². The van der Waals surface area contributed by atoms with Crippen molar-refractivity contribution in [2.45, 2.75) is 6.54 Å². The number of para-hydroxylation sites is 3. The molecule has 0 atom stereocenters. The number of hydrogen-bond acceptors (Lipinski definition) is 3. The Morgan fingerprint density at radius 2 is 1.72 bits per heavy atom. The van der Waals surface area contributed by atoms with Crippen molar-refractivity contribution in [3.05, 3.63) is 87.8 Å². The van der Waals surface area contributed by atoms with Crippen molar-refractivity contribution in [3.8, 4) is 11.5 Å². The number of halogens is 1. The Kier molecular flexibility index (Phi) is 5.30. The number of carbonyl (C=O) groups excluding carboxylic acids is 1. The third kappa shape index (κ3) is 4.58. The maximum Gasteiger partial charge on any atom is 0.251 e. The number of pyridine rings is 1. The lowest BCUT2D eigenvalue weighted by Crippen LogP contribution is -2.26. The minimum atomic E-state index is -0.315. The highest BCUT2D eigenvalue weighted by molar-refractivity contribution is 9.10. The van der Waals surface area contributed by atoms with E-state index < -0.39 is 0 Å². The Balaban J connectivity index is 1.75. The van der Waals surface area contributed by atoms with Crippen LogP contribution in [0.1, 0.15) is 0 Å². The number of nitrogens with zero attached hydrogens (tertiary/aromatic N) is 1. The number of anilines is 1. The lowest BCUT2D eigenvalue weighted by Gasteiger charge is -2.13. The summed E-state index contributed by atoms with van der Waals surface area (Å²) < 4.78 is 7.88. The van der Waals surface area contributed by atoms with Crippen molar-refractivity contribution < 1.29 is 9.53 Å². The van der Waals surface area contributed by atoms with Crippen LogP contribution in [0.25, 0.3) is 0 Å². The number of hydrogen-bond donors (Lipinski definition) is 1. The molecule has 1 N–H and O–H groups in total. The molecule has 0 unspecified atom stereocenters. The predicted molar refractivity (Wildman–Crippen MR) is 100.0 cm³/mol. The summed E-state index contributed by atoms with van der Waals surface area (Å²) in [6.45, 7) is -0.0854. The van der Waals surface area contributed by atoms with E-state index in [2.05, 4.69) is 21.2 Å². The van der Waals surface area contributed by atoms with Crippen LogP contribution < -0.4 is 15.6 Å². The van der Waals surface area contributed by atoms with Crippen LogP contribution >= 0.6 is 15.9 Å². The summed E-state index contributed by atoms with van der Waals surface area (Å²) in [5, 5.41) is 2.79. The molecule has 0 aliphatic heterocycles. The Morgan fingerprint density at radius 3 is 2.52 bits per heavy atom. The molecule has 1 aromatic heterocycles. The highest BCUT2D eigenvalue weighted by Gasteiger charge is 2.10. The van der Waals surface area contributed by atoms with Gasteiger partial charge in [0.15, 0.2) is 5.75 Å². The first-order valence-corrected chi connectivity index (χ1v) is 8.39. The number of ether oxygens (including phenoxy) is 1. The van der Waals surface area contributed by atoms with Gasteiger partial charge < -0.3 is 14.6 Å². The summed E-state index contributed by atoms with van der Waals surface area (Å²) in [5.41, 5.74) is 0.298. The molecule has 3 aromatic rings. The van der Waals surface area contributed by atoms with Gasteiger partial charge in [-0.15, -0.1) is 0 Å². The third-order valence-electron chi connectivity index (χ3n) is 3.39. The summed E-state index contributed by atoms with van der Waals surface area (Å²) in [7, 11) is 0. The molecule has 25 heavy (non-hydrogen) atoms. The van der Waals surface area contributed by atoms with Crippen LogP contribution in [0.4, 0.5) is 5.69 Å². The van der Waals surface area contributed by atoms with Gasteiger partial charge in [0, 0.05) is 16.7 Å². The molecule has 2 aromatic carbocycles. The molecular formula is C19H15BrN2O3. The molecule has 126 valence electrons. The van der Waals surface area contributed by atoms with Gasteiger partial charge in [0.25, 0.3) is 5.56 Å². The van der Waals surface area contributed by atoms with E-state index >= 15 is 0 Å². The molecule has 1 amide bonds. The molecule has 1 heterocycles. The number of aromatic nitrogens is 1. The van der Waals surface area contributed by atoms with Crippen LogP contribution in [0, 0.1) is 0 Å². The maximum atomic E-state index is 12.3. The zero-order chi connectivity index (χ0) is 17.6. The molecule has 0 aliphatic carbocycles. The van der Waals surface area contributed by atoms with Crippen LogP contribution in [0.3, 0.4) is 0 Å². The van der Waals surface area contributed by atoms with E-state index in [1.807, 2.05) is 36.4 Å². The topological polar surface area (TPSA) is 60.3 Å². The Bertz CT molecular complexity index is 939. The van der Waals surface area contributed by atoms with Gasteiger partial charge in [0.05, 0.1) is 5.69 Å². The molecule has 6 heteroatoms. The van der Waals surface area contributed by atoms with Gasteiger partial charge in [-0.25, -0.2) is 0 Å². The Morgan fingerprint density at radius 1 is 1.00 bits per heavy atom. The standard InChI is InChI=1S/C19H15BrN2O3/c20-14-10-11-19(24)22(12-14)13-18(23)21-16-8-4-5-9-17(16)25-15-6-2-1-3-7-15/h1-12H,13H2,(H,21,23). The van der Waals surface area contributed by atoms with Gasteiger partial charge in [-0.1, -0.05) is 30.3 Å². The maximum absolute atomic E-state index is 12.3. The number of carbonyl (C=O) groups is 1. The highest BCUT2D eigenvalue weighted by Crippen LogP contribution is 2.29. The molecule has 3 rings (SSSR count). The van der Waals surface area contributed by atoms with Crippen LogP contribution in [0.5, 0.6) is 11.5 Å². The van der Waals surface area contributed by atoms with Crippen molar-refractivity contribution >= 4 is 27.5 Å². The SMILES string of the molecule is O=C(Cn1cc(Br)ccc1=O)Nc1ccccc1Oc1ccccc1. The highest BCUT2D eigenvalue weighted by atomic mass is 79.9. The Labute approximate surface area is 153 Å². The van der Waals surface area contributed by atoms with Crippen molar-refractivity contribution in [1.82, 2.24) is 4.57 Å². The fourth-order valence-corrected chi connectivity index (χ4v) is 2.62. The van der Waals surface area contributed by atoms with Crippen LogP contribution in [-0.2, 0) is 11.3 Å². The molecule has 0 saturated carbocycles. The third-order valence-corrected chi connectivity index (χ3v) is 3.86. The lowest BCUT2D eigenvalue weighted by atomic mass is 10.3. The van der Waals surface area contributed by atoms with Crippen molar-refractivity contribution in [3.63, 3.8) is 0 Å². The summed E-state index contributed by atoms with van der Waals surface area (Å²) in [4.78, 5) is 24.1. The van der Waals surface area contributed by atoms with Gasteiger partial charge in [-0.3, -0.25) is 9.59 Å². The summed E-state index contributed by atoms with van der Waals surface area (Å²) >= 11 is 3.29. The average Bonchev–Trinajstić information content (AvgIpc) is 2.61. The van der Waals surface area contributed by atoms with Crippen molar-refractivity contribution in [2.24, 2.45) is 0 Å². The van der Waals surface area contributed by atoms with E-state index in [1.165, 1.54) is 10.6 Å². The van der Waals surface area contributed by atoms with Gasteiger partial charge in [0.1, 0.15) is 12.3 Å². The molecular weight excluding hydrogens is 384 g/mol. The van der Waals surface area contributed by atoms with Gasteiger partial charge in [-0.05, 0) is 46.3 Å². The smallest absolute Gasteiger partial charge is 0.251 e. The number of rotatable bonds is 5. The number of amides is 1. The van der Waals surface area contributed by atoms with Crippen molar-refractivity contribution in [1.29, 1.82) is 0 Å². The lowest BCUT2D eigenvalue weighted by molar-refractivity contribution is -0.116. The average molecular weight is 399 g/mol. The van der Waals surface area contributed by atoms with Crippen molar-refractivity contribution in [2.75, 3.05) is 5.32 Å². The van der Waals surface area contributed by atoms with E-state index in [4.69, 9.17) is 4.74 Å². The van der Waals surface area contributed by atoms with E-state index in [9.17, 15) is 9.59 Å². The van der Waals surface area contributed by atoms with Gasteiger partial charge >= 0.3 is 0 Å². The largest absolute Gasteiger partial charge is 0.455 e. The predicted octanol–water partition coefficient (Wildman–Crippen LogP) is 4.04. The first kappa shape index (κ1) is 17.0. The monoisotopic (exact) mass is 398 g/mol. The fraction of sp³-hybridized carbons (Fsp3) is 0.0526. The number of benzene rings is 2. The summed E-state index contributed by atoms with van der Waals surface area (Å²) in [6, 6.07) is 19.5. The van der Waals surface area contributed by atoms with E-state index in [1.54, 1.807) is 30.5 Å². The molecule has 5 nitrogen and oxygen atoms in total. The second kappa shape index (κ2) is 7.81. The summed E-state index contributed by atoms with van der Waals surface area (Å²) in [5.74, 6) is 0.889. The zero-order valence-corrected chi connectivity index (χ0v) is 14.8. The number of nitrogens with one attached hydrogen (secondary N) is 1. The first-order chi connectivity index (χ1) is 12.1. The van der Waals surface area contributed by atoms with E-state index in [0.717, 1.165) is 4.47 Å². The molecule has 0 aliphatic rings. The van der Waals surface area contributed by atoms with Crippen LogP contribution in [-0.4, -0.2) is 10.5 Å². The molecule has 0 saturated heterocycles. The molecule has 0 radical (unpaired) electrons.